The first-order chi connectivity index (χ1) is 13.5. The molecule has 7 heteroatoms. The Hall–Kier alpha value is -3.35. The lowest BCUT2D eigenvalue weighted by atomic mass is 10.1. The lowest BCUT2D eigenvalue weighted by molar-refractivity contribution is -0.118. The molecule has 1 amide bonds. The van der Waals surface area contributed by atoms with Gasteiger partial charge in [0.05, 0.1) is 32.7 Å². The van der Waals surface area contributed by atoms with Crippen LogP contribution in [0, 0.1) is 5.92 Å². The van der Waals surface area contributed by atoms with E-state index in [9.17, 15) is 4.79 Å². The summed E-state index contributed by atoms with van der Waals surface area (Å²) in [5, 5.41) is 3.79. The van der Waals surface area contributed by atoms with Crippen LogP contribution in [-0.2, 0) is 4.79 Å². The van der Waals surface area contributed by atoms with E-state index < -0.39 is 0 Å². The maximum atomic E-state index is 12.4. The van der Waals surface area contributed by atoms with E-state index in [2.05, 4.69) is 15.3 Å². The Balaban J connectivity index is 2.24. The number of anilines is 1. The molecule has 0 spiro atoms. The molecule has 3 rings (SSSR count). The molecule has 0 unspecified atom stereocenters. The van der Waals surface area contributed by atoms with Crippen molar-refractivity contribution < 1.29 is 19.0 Å². The fourth-order valence-electron chi connectivity index (χ4n) is 2.82. The maximum Gasteiger partial charge on any atom is 0.226 e. The average Bonchev–Trinajstić information content (AvgIpc) is 2.71. The number of nitrogens with one attached hydrogen (secondary N) is 1. The van der Waals surface area contributed by atoms with Gasteiger partial charge in [-0.3, -0.25) is 4.79 Å². The van der Waals surface area contributed by atoms with Gasteiger partial charge in [-0.05, 0) is 30.3 Å². The van der Waals surface area contributed by atoms with Crippen molar-refractivity contribution >= 4 is 22.6 Å². The van der Waals surface area contributed by atoms with E-state index in [1.165, 1.54) is 0 Å². The number of hydrogen-bond donors (Lipinski definition) is 1. The van der Waals surface area contributed by atoms with Crippen LogP contribution in [0.25, 0.3) is 22.3 Å². The van der Waals surface area contributed by atoms with Crippen LogP contribution in [0.5, 0.6) is 17.2 Å². The molecule has 2 aromatic heterocycles. The summed E-state index contributed by atoms with van der Waals surface area (Å²) >= 11 is 0. The summed E-state index contributed by atoms with van der Waals surface area (Å²) < 4.78 is 16.3. The van der Waals surface area contributed by atoms with Crippen molar-refractivity contribution in [1.29, 1.82) is 0 Å². The molecule has 1 N–H and O–H groups in total. The highest BCUT2D eigenvalue weighted by Gasteiger charge is 2.19. The average molecular weight is 381 g/mol. The number of hydrogen-bond acceptors (Lipinski definition) is 6. The van der Waals surface area contributed by atoms with Crippen molar-refractivity contribution in [2.75, 3.05) is 26.6 Å². The molecular formula is C21H23N3O4. The van der Waals surface area contributed by atoms with Gasteiger partial charge in [0.25, 0.3) is 0 Å². The van der Waals surface area contributed by atoms with Gasteiger partial charge in [-0.15, -0.1) is 0 Å². The third-order valence-electron chi connectivity index (χ3n) is 4.31. The standard InChI is InChI=1S/C21H23N3O4/c1-12(2)21(25)23-15-9-13-7-6-8-22-20(13)24-18(15)14-10-16(26-3)19(28-5)17(11-14)27-4/h6-12H,1-5H3,(H,23,25). The molecule has 28 heavy (non-hydrogen) atoms. The smallest absolute Gasteiger partial charge is 0.226 e. The molecular weight excluding hydrogens is 358 g/mol. The molecule has 1 aromatic carbocycles. The Morgan fingerprint density at radius 2 is 1.71 bits per heavy atom. The van der Waals surface area contributed by atoms with Crippen LogP contribution in [0.3, 0.4) is 0 Å². The highest BCUT2D eigenvalue weighted by atomic mass is 16.5. The Bertz CT molecular complexity index is 993. The zero-order valence-electron chi connectivity index (χ0n) is 16.6. The van der Waals surface area contributed by atoms with Crippen LogP contribution in [0.4, 0.5) is 5.69 Å². The molecule has 0 aliphatic rings. The third-order valence-corrected chi connectivity index (χ3v) is 4.31. The van der Waals surface area contributed by atoms with Crippen LogP contribution in [-0.4, -0.2) is 37.2 Å². The van der Waals surface area contributed by atoms with Gasteiger partial charge in [-0.2, -0.15) is 0 Å². The minimum Gasteiger partial charge on any atom is -0.493 e. The Labute approximate surface area is 163 Å². The number of methoxy groups -OCH3 is 3. The zero-order valence-corrected chi connectivity index (χ0v) is 16.6. The summed E-state index contributed by atoms with van der Waals surface area (Å²) in [5.41, 5.74) is 2.45. The second kappa shape index (κ2) is 8.12. The molecule has 0 fully saturated rings. The lowest BCUT2D eigenvalue weighted by Crippen LogP contribution is -2.18. The molecule has 0 atom stereocenters. The summed E-state index contributed by atoms with van der Waals surface area (Å²) in [6.45, 7) is 3.68. The monoisotopic (exact) mass is 381 g/mol. The quantitative estimate of drug-likeness (QED) is 0.697. The minimum absolute atomic E-state index is 0.0984. The SMILES string of the molecule is COc1cc(-c2nc3ncccc3cc2NC(=O)C(C)C)cc(OC)c1OC. The number of carbonyl (C=O) groups is 1. The van der Waals surface area contributed by atoms with E-state index >= 15 is 0 Å². The second-order valence-corrected chi connectivity index (χ2v) is 6.49. The van der Waals surface area contributed by atoms with Crippen LogP contribution < -0.4 is 19.5 Å². The van der Waals surface area contributed by atoms with Crippen LogP contribution >= 0.6 is 0 Å². The Kier molecular flexibility index (Phi) is 5.63. The zero-order chi connectivity index (χ0) is 20.3. The van der Waals surface area contributed by atoms with Gasteiger partial charge in [-0.25, -0.2) is 9.97 Å². The molecule has 146 valence electrons. The minimum atomic E-state index is -0.169. The van der Waals surface area contributed by atoms with E-state index in [1.807, 2.05) is 32.0 Å². The molecule has 3 aromatic rings. The highest BCUT2D eigenvalue weighted by Crippen LogP contribution is 2.42. The normalized spacial score (nSPS) is 10.8. The van der Waals surface area contributed by atoms with Gasteiger partial charge in [-0.1, -0.05) is 13.8 Å². The first-order valence-corrected chi connectivity index (χ1v) is 8.85. The largest absolute Gasteiger partial charge is 0.493 e. The molecule has 0 bridgehead atoms. The number of carbonyl (C=O) groups excluding carboxylic acids is 1. The van der Waals surface area contributed by atoms with Crippen LogP contribution in [0.1, 0.15) is 13.8 Å². The molecule has 7 nitrogen and oxygen atoms in total. The number of rotatable bonds is 6. The number of ether oxygens (including phenoxy) is 3. The first-order valence-electron chi connectivity index (χ1n) is 8.85. The summed E-state index contributed by atoms with van der Waals surface area (Å²) in [6, 6.07) is 9.19. The van der Waals surface area contributed by atoms with E-state index in [-0.39, 0.29) is 11.8 Å². The topological polar surface area (TPSA) is 82.6 Å². The Morgan fingerprint density at radius 1 is 1.04 bits per heavy atom. The molecule has 0 saturated heterocycles. The Morgan fingerprint density at radius 3 is 2.29 bits per heavy atom. The van der Waals surface area contributed by atoms with Crippen LogP contribution in [0.15, 0.2) is 36.5 Å². The van der Waals surface area contributed by atoms with Crippen molar-refractivity contribution in [1.82, 2.24) is 9.97 Å². The van der Waals surface area contributed by atoms with E-state index in [4.69, 9.17) is 14.2 Å². The fourth-order valence-corrected chi connectivity index (χ4v) is 2.82. The molecule has 2 heterocycles. The van der Waals surface area contributed by atoms with E-state index in [0.717, 1.165) is 5.39 Å². The number of pyridine rings is 2. The van der Waals surface area contributed by atoms with Gasteiger partial charge >= 0.3 is 0 Å². The van der Waals surface area contributed by atoms with Gasteiger partial charge in [0, 0.05) is 23.1 Å². The number of amides is 1. The number of aromatic nitrogens is 2. The van der Waals surface area contributed by atoms with Gasteiger partial charge in [0.15, 0.2) is 17.1 Å². The van der Waals surface area contributed by atoms with Crippen molar-refractivity contribution in [2.45, 2.75) is 13.8 Å². The third kappa shape index (κ3) is 3.69. The molecule has 0 aliphatic carbocycles. The molecule has 0 radical (unpaired) electrons. The van der Waals surface area contributed by atoms with Gasteiger partial charge in [0.2, 0.25) is 11.7 Å². The van der Waals surface area contributed by atoms with Gasteiger partial charge in [0.1, 0.15) is 0 Å². The van der Waals surface area contributed by atoms with Crippen LogP contribution in [0.2, 0.25) is 0 Å². The number of benzene rings is 1. The van der Waals surface area contributed by atoms with Crippen molar-refractivity contribution in [3.05, 3.63) is 36.5 Å². The van der Waals surface area contributed by atoms with Crippen molar-refractivity contribution in [3.63, 3.8) is 0 Å². The maximum absolute atomic E-state index is 12.4. The summed E-state index contributed by atoms with van der Waals surface area (Å²) in [4.78, 5) is 21.4. The summed E-state index contributed by atoms with van der Waals surface area (Å²) in [5.74, 6) is 1.22. The van der Waals surface area contributed by atoms with Crippen molar-refractivity contribution in [3.8, 4) is 28.5 Å². The van der Waals surface area contributed by atoms with E-state index in [1.54, 1.807) is 39.7 Å². The summed E-state index contributed by atoms with van der Waals surface area (Å²) in [6.07, 6.45) is 1.68. The fraction of sp³-hybridized carbons (Fsp3) is 0.286. The first kappa shape index (κ1) is 19.4. The molecule has 0 aliphatic heterocycles. The predicted octanol–water partition coefficient (Wildman–Crippen LogP) is 3.92. The van der Waals surface area contributed by atoms with Gasteiger partial charge < -0.3 is 19.5 Å². The number of nitrogens with zero attached hydrogens (tertiary/aromatic N) is 2. The second-order valence-electron chi connectivity index (χ2n) is 6.49. The summed E-state index contributed by atoms with van der Waals surface area (Å²) in [7, 11) is 4.66. The predicted molar refractivity (Wildman–Crippen MR) is 108 cm³/mol. The van der Waals surface area contributed by atoms with E-state index in [0.29, 0.717) is 39.8 Å². The lowest BCUT2D eigenvalue weighted by Gasteiger charge is -2.17. The van der Waals surface area contributed by atoms with Crippen molar-refractivity contribution in [2.24, 2.45) is 5.92 Å². The molecule has 0 saturated carbocycles. The number of fused-ring (bicyclic) bond motifs is 1. The highest BCUT2D eigenvalue weighted by molar-refractivity contribution is 5.98.